The van der Waals surface area contributed by atoms with Crippen LogP contribution in [0.4, 0.5) is 11.4 Å². The number of halogens is 2. The second-order valence-corrected chi connectivity index (χ2v) is 8.15. The molecule has 0 bridgehead atoms. The molecule has 1 heterocycles. The number of nitrogen functional groups attached to an aromatic ring is 1. The van der Waals surface area contributed by atoms with Crippen LogP contribution in [0.2, 0.25) is 10.0 Å². The summed E-state index contributed by atoms with van der Waals surface area (Å²) >= 11 is 12.1. The molecule has 3 aromatic carbocycles. The van der Waals surface area contributed by atoms with E-state index in [9.17, 15) is 9.90 Å². The van der Waals surface area contributed by atoms with Crippen LogP contribution in [-0.2, 0) is 0 Å². The summed E-state index contributed by atoms with van der Waals surface area (Å²) in [5.41, 5.74) is 9.75. The number of hydrogen-bond acceptors (Lipinski definition) is 6. The van der Waals surface area contributed by atoms with Crippen molar-refractivity contribution in [2.45, 2.75) is 6.10 Å². The molecular formula is C24H20Cl2N2O4. The third-order valence-electron chi connectivity index (χ3n) is 5.06. The summed E-state index contributed by atoms with van der Waals surface area (Å²) in [6.07, 6.45) is -0.841. The first-order valence-corrected chi connectivity index (χ1v) is 10.6. The van der Waals surface area contributed by atoms with Crippen LogP contribution in [0.15, 0.2) is 65.1 Å². The van der Waals surface area contributed by atoms with Crippen molar-refractivity contribution in [2.75, 3.05) is 24.2 Å². The second kappa shape index (κ2) is 9.22. The van der Waals surface area contributed by atoms with Crippen LogP contribution in [0.3, 0.4) is 0 Å². The minimum Gasteiger partial charge on any atom is -0.450 e. The molecule has 0 amide bonds. The summed E-state index contributed by atoms with van der Waals surface area (Å²) in [5, 5.41) is 22.8. The molecule has 1 aromatic heterocycles. The van der Waals surface area contributed by atoms with E-state index in [0.29, 0.717) is 16.0 Å². The predicted octanol–water partition coefficient (Wildman–Crippen LogP) is 4.98. The van der Waals surface area contributed by atoms with Crippen molar-refractivity contribution in [1.82, 2.24) is 0 Å². The van der Waals surface area contributed by atoms with Crippen LogP contribution in [-0.4, -0.2) is 35.3 Å². The fourth-order valence-electron chi connectivity index (χ4n) is 3.37. The van der Waals surface area contributed by atoms with Gasteiger partial charge in [0.15, 0.2) is 5.76 Å². The van der Waals surface area contributed by atoms with Gasteiger partial charge in [0.25, 0.3) is 0 Å². The number of fused-ring (bicyclic) bond motifs is 1. The zero-order chi connectivity index (χ0) is 22.8. The molecule has 8 heteroatoms. The van der Waals surface area contributed by atoms with Gasteiger partial charge < -0.3 is 25.7 Å². The Hall–Kier alpha value is -3.03. The van der Waals surface area contributed by atoms with Gasteiger partial charge >= 0.3 is 0 Å². The minimum absolute atomic E-state index is 0.0229. The summed E-state index contributed by atoms with van der Waals surface area (Å²) in [5.74, 6) is -0.398. The van der Waals surface area contributed by atoms with Crippen molar-refractivity contribution in [3.8, 4) is 11.1 Å². The number of anilines is 2. The van der Waals surface area contributed by atoms with Crippen LogP contribution in [0.5, 0.6) is 0 Å². The molecule has 0 spiro atoms. The van der Waals surface area contributed by atoms with Gasteiger partial charge in [-0.25, -0.2) is 0 Å². The first kappa shape index (κ1) is 22.2. The number of aliphatic hydroxyl groups is 2. The Morgan fingerprint density at radius 2 is 1.84 bits per heavy atom. The lowest BCUT2D eigenvalue weighted by molar-refractivity contribution is 0.101. The molecule has 0 saturated carbocycles. The monoisotopic (exact) mass is 470 g/mol. The molecule has 0 saturated heterocycles. The van der Waals surface area contributed by atoms with Gasteiger partial charge in [-0.2, -0.15) is 0 Å². The lowest BCUT2D eigenvalue weighted by atomic mass is 10.0. The molecule has 4 aromatic rings. The van der Waals surface area contributed by atoms with Gasteiger partial charge in [0, 0.05) is 28.2 Å². The van der Waals surface area contributed by atoms with Crippen molar-refractivity contribution in [3.05, 3.63) is 82.0 Å². The maximum absolute atomic E-state index is 13.0. The average molecular weight is 471 g/mol. The highest BCUT2D eigenvalue weighted by atomic mass is 35.5. The van der Waals surface area contributed by atoms with E-state index in [1.54, 1.807) is 12.1 Å². The Morgan fingerprint density at radius 1 is 1.06 bits per heavy atom. The van der Waals surface area contributed by atoms with E-state index in [2.05, 4.69) is 5.32 Å². The van der Waals surface area contributed by atoms with Crippen LogP contribution in [0, 0.1) is 0 Å². The highest BCUT2D eigenvalue weighted by Crippen LogP contribution is 2.35. The van der Waals surface area contributed by atoms with E-state index in [0.717, 1.165) is 16.8 Å². The Kier molecular flexibility index (Phi) is 6.39. The Labute approximate surface area is 194 Å². The SMILES string of the molecule is Nc1c(C(=O)c2ccc(Cl)cc2Cl)oc2cc(-c3cccc(NCC(O)CO)c3)ccc12. The standard InChI is InChI=1S/C24H20Cl2N2O4/c25-15-5-7-18(20(26)10-15)23(31)24-22(27)19-6-4-14(9-21(19)32-24)13-2-1-3-16(8-13)28-11-17(30)12-29/h1-10,17,28-30H,11-12,27H2. The molecule has 0 fully saturated rings. The first-order valence-electron chi connectivity index (χ1n) is 9.82. The third-order valence-corrected chi connectivity index (χ3v) is 5.61. The molecule has 6 nitrogen and oxygen atoms in total. The number of rotatable bonds is 7. The maximum atomic E-state index is 13.0. The first-order chi connectivity index (χ1) is 15.4. The van der Waals surface area contributed by atoms with Gasteiger partial charge in [0.1, 0.15) is 5.58 Å². The number of ketones is 1. The van der Waals surface area contributed by atoms with Crippen LogP contribution < -0.4 is 11.1 Å². The van der Waals surface area contributed by atoms with E-state index in [-0.39, 0.29) is 35.2 Å². The van der Waals surface area contributed by atoms with Crippen molar-refractivity contribution in [2.24, 2.45) is 0 Å². The second-order valence-electron chi connectivity index (χ2n) is 7.31. The van der Waals surface area contributed by atoms with Crippen molar-refractivity contribution >= 4 is 51.3 Å². The number of benzene rings is 3. The number of nitrogens with two attached hydrogens (primary N) is 1. The van der Waals surface area contributed by atoms with Gasteiger partial charge in [-0.3, -0.25) is 4.79 Å². The number of aliphatic hydroxyl groups excluding tert-OH is 2. The molecule has 4 rings (SSSR count). The molecular weight excluding hydrogens is 451 g/mol. The molecule has 5 N–H and O–H groups in total. The predicted molar refractivity (Wildman–Crippen MR) is 128 cm³/mol. The van der Waals surface area contributed by atoms with Crippen LogP contribution in [0.1, 0.15) is 16.1 Å². The van der Waals surface area contributed by atoms with E-state index in [1.807, 2.05) is 36.4 Å². The lowest BCUT2D eigenvalue weighted by Crippen LogP contribution is -2.22. The average Bonchev–Trinajstić information content (AvgIpc) is 3.13. The fourth-order valence-corrected chi connectivity index (χ4v) is 3.86. The van der Waals surface area contributed by atoms with Crippen LogP contribution in [0.25, 0.3) is 22.1 Å². The van der Waals surface area contributed by atoms with Crippen molar-refractivity contribution in [3.63, 3.8) is 0 Å². The summed E-state index contributed by atoms with van der Waals surface area (Å²) in [6, 6.07) is 17.7. The van der Waals surface area contributed by atoms with Gasteiger partial charge in [0.2, 0.25) is 5.78 Å². The molecule has 164 valence electrons. The summed E-state index contributed by atoms with van der Waals surface area (Å²) in [4.78, 5) is 13.0. The molecule has 32 heavy (non-hydrogen) atoms. The quantitative estimate of drug-likeness (QED) is 0.283. The van der Waals surface area contributed by atoms with Gasteiger partial charge in [0.05, 0.1) is 23.4 Å². The fraction of sp³-hybridized carbons (Fsp3) is 0.125. The number of nitrogens with one attached hydrogen (secondary N) is 1. The van der Waals surface area contributed by atoms with E-state index >= 15 is 0 Å². The molecule has 1 unspecified atom stereocenters. The van der Waals surface area contributed by atoms with Crippen LogP contribution >= 0.6 is 23.2 Å². The highest BCUT2D eigenvalue weighted by Gasteiger charge is 2.22. The number of carbonyl (C=O) groups excluding carboxylic acids is 1. The van der Waals surface area contributed by atoms with Gasteiger partial charge in [-0.05, 0) is 53.6 Å². The summed E-state index contributed by atoms with van der Waals surface area (Å²) in [6.45, 7) is -0.0853. The van der Waals surface area contributed by atoms with Gasteiger partial charge in [-0.1, -0.05) is 41.4 Å². The summed E-state index contributed by atoms with van der Waals surface area (Å²) < 4.78 is 5.84. The number of furan rings is 1. The minimum atomic E-state index is -0.841. The van der Waals surface area contributed by atoms with E-state index in [4.69, 9.17) is 38.5 Å². The molecule has 1 atom stereocenters. The Bertz CT molecular complexity index is 1300. The maximum Gasteiger partial charge on any atom is 0.231 e. The summed E-state index contributed by atoms with van der Waals surface area (Å²) in [7, 11) is 0. The molecule has 0 aliphatic rings. The van der Waals surface area contributed by atoms with E-state index in [1.165, 1.54) is 12.1 Å². The topological polar surface area (TPSA) is 109 Å². The largest absolute Gasteiger partial charge is 0.450 e. The number of hydrogen-bond donors (Lipinski definition) is 4. The lowest BCUT2D eigenvalue weighted by Gasteiger charge is -2.11. The van der Waals surface area contributed by atoms with Gasteiger partial charge in [-0.15, -0.1) is 0 Å². The molecule has 0 aliphatic heterocycles. The highest BCUT2D eigenvalue weighted by molar-refractivity contribution is 6.37. The zero-order valence-electron chi connectivity index (χ0n) is 16.8. The van der Waals surface area contributed by atoms with E-state index < -0.39 is 11.9 Å². The number of carbonyl (C=O) groups is 1. The normalized spacial score (nSPS) is 12.1. The Morgan fingerprint density at radius 3 is 2.59 bits per heavy atom. The zero-order valence-corrected chi connectivity index (χ0v) is 18.3. The molecule has 0 aliphatic carbocycles. The van der Waals surface area contributed by atoms with Crippen molar-refractivity contribution in [1.29, 1.82) is 0 Å². The smallest absolute Gasteiger partial charge is 0.231 e. The molecule has 0 radical (unpaired) electrons. The Balaban J connectivity index is 1.66. The third kappa shape index (κ3) is 4.45. The van der Waals surface area contributed by atoms with Crippen molar-refractivity contribution < 1.29 is 19.4 Å².